The van der Waals surface area contributed by atoms with E-state index in [4.69, 9.17) is 0 Å². The van der Waals surface area contributed by atoms with Crippen molar-refractivity contribution in [2.75, 3.05) is 0 Å². The van der Waals surface area contributed by atoms with Gasteiger partial charge in [-0.3, -0.25) is 4.79 Å². The Hall–Kier alpha value is -3.14. The predicted octanol–water partition coefficient (Wildman–Crippen LogP) is 4.08. The van der Waals surface area contributed by atoms with Gasteiger partial charge in [0, 0.05) is 18.0 Å². The van der Waals surface area contributed by atoms with E-state index in [2.05, 4.69) is 55.3 Å². The summed E-state index contributed by atoms with van der Waals surface area (Å²) in [6.07, 6.45) is 4.65. The summed E-state index contributed by atoms with van der Waals surface area (Å²) in [4.78, 5) is 12.9. The lowest BCUT2D eigenvalue weighted by molar-refractivity contribution is 0.742. The van der Waals surface area contributed by atoms with Crippen LogP contribution in [0.25, 0.3) is 16.8 Å². The molecule has 0 N–H and O–H groups in total. The van der Waals surface area contributed by atoms with Crippen molar-refractivity contribution >= 4 is 5.52 Å². The highest BCUT2D eigenvalue weighted by Gasteiger charge is 2.09. The highest BCUT2D eigenvalue weighted by molar-refractivity contribution is 5.65. The van der Waals surface area contributed by atoms with Gasteiger partial charge in [0.25, 0.3) is 5.56 Å². The Morgan fingerprint density at radius 2 is 1.77 bits per heavy atom. The van der Waals surface area contributed by atoms with Gasteiger partial charge in [0.2, 0.25) is 0 Å². The summed E-state index contributed by atoms with van der Waals surface area (Å²) >= 11 is 0. The van der Waals surface area contributed by atoms with Gasteiger partial charge in [0.15, 0.2) is 0 Å². The van der Waals surface area contributed by atoms with E-state index < -0.39 is 0 Å². The second-order valence-electron chi connectivity index (χ2n) is 6.63. The molecule has 130 valence electrons. The minimum Gasteiger partial charge on any atom is -0.308 e. The van der Waals surface area contributed by atoms with E-state index in [1.165, 1.54) is 11.1 Å². The molecule has 0 saturated carbocycles. The zero-order valence-corrected chi connectivity index (χ0v) is 15.0. The predicted molar refractivity (Wildman–Crippen MR) is 105 cm³/mol. The van der Waals surface area contributed by atoms with E-state index in [0.29, 0.717) is 12.1 Å². The number of rotatable bonds is 4. The molecule has 4 rings (SSSR count). The van der Waals surface area contributed by atoms with Crippen LogP contribution in [-0.4, -0.2) is 14.2 Å². The minimum absolute atomic E-state index is 0.0297. The van der Waals surface area contributed by atoms with E-state index in [1.807, 2.05) is 24.4 Å². The molecular formula is C22H21N3O. The lowest BCUT2D eigenvalue weighted by Gasteiger charge is -2.06. The van der Waals surface area contributed by atoms with Crippen molar-refractivity contribution < 1.29 is 0 Å². The van der Waals surface area contributed by atoms with Crippen LogP contribution in [0, 0.1) is 6.92 Å². The first-order chi connectivity index (χ1) is 12.6. The first-order valence-electron chi connectivity index (χ1n) is 8.88. The molecule has 0 spiro atoms. The van der Waals surface area contributed by atoms with Gasteiger partial charge in [0.1, 0.15) is 5.52 Å². The third-order valence-electron chi connectivity index (χ3n) is 4.70. The number of nitrogens with zero attached hydrogens (tertiary/aromatic N) is 3. The molecule has 0 unspecified atom stereocenters. The highest BCUT2D eigenvalue weighted by Crippen LogP contribution is 2.19. The molecule has 0 aliphatic heterocycles. The van der Waals surface area contributed by atoms with Gasteiger partial charge in [-0.1, -0.05) is 61.0 Å². The van der Waals surface area contributed by atoms with Crippen molar-refractivity contribution in [3.05, 3.63) is 94.0 Å². The first-order valence-corrected chi connectivity index (χ1v) is 8.88. The largest absolute Gasteiger partial charge is 0.308 e. The second kappa shape index (κ2) is 6.64. The van der Waals surface area contributed by atoms with Gasteiger partial charge in [-0.05, 0) is 30.5 Å². The standard InChI is InChI=1S/C22H21N3O/c1-3-17-7-9-19(10-8-17)20-14-21-22(26)24(11-12-25(21)23-20)15-18-6-4-5-16(2)13-18/h4-14H,3,15H2,1-2H3. The number of aromatic nitrogens is 3. The fourth-order valence-corrected chi connectivity index (χ4v) is 3.21. The average Bonchev–Trinajstić information content (AvgIpc) is 3.09. The Kier molecular flexibility index (Phi) is 4.17. The molecule has 4 aromatic rings. The van der Waals surface area contributed by atoms with Gasteiger partial charge >= 0.3 is 0 Å². The van der Waals surface area contributed by atoms with Gasteiger partial charge < -0.3 is 4.57 Å². The van der Waals surface area contributed by atoms with Crippen LogP contribution < -0.4 is 5.56 Å². The topological polar surface area (TPSA) is 39.3 Å². The van der Waals surface area contributed by atoms with Crippen molar-refractivity contribution in [2.24, 2.45) is 0 Å². The molecule has 2 heterocycles. The molecular weight excluding hydrogens is 322 g/mol. The van der Waals surface area contributed by atoms with Crippen molar-refractivity contribution in [1.29, 1.82) is 0 Å². The van der Waals surface area contributed by atoms with Crippen LogP contribution in [-0.2, 0) is 13.0 Å². The molecule has 4 nitrogen and oxygen atoms in total. The minimum atomic E-state index is -0.0297. The summed E-state index contributed by atoms with van der Waals surface area (Å²) < 4.78 is 3.40. The normalized spacial score (nSPS) is 11.2. The molecule has 0 bridgehead atoms. The Balaban J connectivity index is 1.72. The molecule has 0 amide bonds. The van der Waals surface area contributed by atoms with E-state index in [-0.39, 0.29) is 5.56 Å². The third-order valence-corrected chi connectivity index (χ3v) is 4.70. The summed E-state index contributed by atoms with van der Waals surface area (Å²) in [6.45, 7) is 4.75. The smallest absolute Gasteiger partial charge is 0.276 e. The highest BCUT2D eigenvalue weighted by atomic mass is 16.1. The van der Waals surface area contributed by atoms with Crippen LogP contribution in [0.1, 0.15) is 23.6 Å². The molecule has 2 aromatic heterocycles. The van der Waals surface area contributed by atoms with E-state index >= 15 is 0 Å². The molecule has 4 heteroatoms. The van der Waals surface area contributed by atoms with E-state index in [9.17, 15) is 4.79 Å². The Morgan fingerprint density at radius 3 is 2.50 bits per heavy atom. The lowest BCUT2D eigenvalue weighted by atomic mass is 10.1. The van der Waals surface area contributed by atoms with Crippen molar-refractivity contribution in [3.8, 4) is 11.3 Å². The Morgan fingerprint density at radius 1 is 0.962 bits per heavy atom. The maximum absolute atomic E-state index is 12.9. The molecule has 0 aliphatic rings. The number of benzene rings is 2. The molecule has 0 atom stereocenters. The van der Waals surface area contributed by atoms with E-state index in [0.717, 1.165) is 23.2 Å². The molecule has 0 saturated heterocycles. The molecule has 0 radical (unpaired) electrons. The van der Waals surface area contributed by atoms with E-state index in [1.54, 1.807) is 15.3 Å². The van der Waals surface area contributed by atoms with Crippen molar-refractivity contribution in [3.63, 3.8) is 0 Å². The fourth-order valence-electron chi connectivity index (χ4n) is 3.21. The van der Waals surface area contributed by atoms with Gasteiger partial charge in [0.05, 0.1) is 12.2 Å². The summed E-state index contributed by atoms with van der Waals surface area (Å²) in [5, 5.41) is 4.56. The summed E-state index contributed by atoms with van der Waals surface area (Å²) in [5.74, 6) is 0. The van der Waals surface area contributed by atoms with Gasteiger partial charge in [-0.2, -0.15) is 5.10 Å². The van der Waals surface area contributed by atoms with Crippen LogP contribution in [0.2, 0.25) is 0 Å². The maximum atomic E-state index is 12.9. The van der Waals surface area contributed by atoms with Crippen LogP contribution >= 0.6 is 0 Å². The number of hydrogen-bond acceptors (Lipinski definition) is 2. The van der Waals surface area contributed by atoms with Gasteiger partial charge in [-0.15, -0.1) is 0 Å². The lowest BCUT2D eigenvalue weighted by Crippen LogP contribution is -2.21. The summed E-state index contributed by atoms with van der Waals surface area (Å²) in [5.41, 5.74) is 6.00. The SMILES string of the molecule is CCc1ccc(-c2cc3c(=O)n(Cc4cccc(C)c4)ccn3n2)cc1. The summed E-state index contributed by atoms with van der Waals surface area (Å²) in [6, 6.07) is 18.4. The number of aryl methyl sites for hydroxylation is 2. The Bertz CT molecular complexity index is 1120. The zero-order valence-electron chi connectivity index (χ0n) is 15.0. The molecule has 26 heavy (non-hydrogen) atoms. The summed E-state index contributed by atoms with van der Waals surface area (Å²) in [7, 11) is 0. The first kappa shape index (κ1) is 16.3. The number of fused-ring (bicyclic) bond motifs is 1. The molecule has 2 aromatic carbocycles. The Labute approximate surface area is 152 Å². The molecule has 0 aliphatic carbocycles. The van der Waals surface area contributed by atoms with Crippen molar-refractivity contribution in [2.45, 2.75) is 26.8 Å². The number of hydrogen-bond donors (Lipinski definition) is 0. The third kappa shape index (κ3) is 3.06. The zero-order chi connectivity index (χ0) is 18.1. The van der Waals surface area contributed by atoms with Crippen molar-refractivity contribution in [1.82, 2.24) is 14.2 Å². The van der Waals surface area contributed by atoms with Crippen LogP contribution in [0.3, 0.4) is 0 Å². The van der Waals surface area contributed by atoms with Crippen LogP contribution in [0.5, 0.6) is 0 Å². The quantitative estimate of drug-likeness (QED) is 0.560. The fraction of sp³-hybridized carbons (Fsp3) is 0.182. The monoisotopic (exact) mass is 343 g/mol. The second-order valence-corrected chi connectivity index (χ2v) is 6.63. The van der Waals surface area contributed by atoms with Gasteiger partial charge in [-0.25, -0.2) is 4.52 Å². The maximum Gasteiger partial charge on any atom is 0.276 e. The van der Waals surface area contributed by atoms with Crippen LogP contribution in [0.4, 0.5) is 0 Å². The van der Waals surface area contributed by atoms with Crippen LogP contribution in [0.15, 0.2) is 71.8 Å². The molecule has 0 fully saturated rings. The average molecular weight is 343 g/mol.